The first-order chi connectivity index (χ1) is 24.1. The maximum absolute atomic E-state index is 13.7. The quantitative estimate of drug-likeness (QED) is 0.118. The Morgan fingerprint density at radius 2 is 1.06 bits per heavy atom. The van der Waals surface area contributed by atoms with Crippen LogP contribution >= 0.6 is 0 Å². The normalized spacial score (nSPS) is 35.4. The summed E-state index contributed by atoms with van der Waals surface area (Å²) in [4.78, 5) is 27.3. The standard InChI is InChI=1S/C47H86O4/c1-12-14-16-33(3)24-36(6)27-46(10)22-20-40(38(8)29-46)31-50-44(48)42-19-18-35(5)26-43(42)45(49)51-32-41-21-23-47(11,30-39(41)9)28-37(7)25-34(4)17-15-13-2/h33-43H,12-32H2,1-11H3. The Morgan fingerprint density at radius 3 is 1.47 bits per heavy atom. The van der Waals surface area contributed by atoms with Crippen LogP contribution in [0.1, 0.15) is 198 Å². The first-order valence-corrected chi connectivity index (χ1v) is 22.4. The number of carbonyl (C=O) groups excluding carboxylic acids is 2. The van der Waals surface area contributed by atoms with Crippen molar-refractivity contribution in [1.82, 2.24) is 0 Å². The van der Waals surface area contributed by atoms with Gasteiger partial charge in [0.1, 0.15) is 0 Å². The average molecular weight is 715 g/mol. The van der Waals surface area contributed by atoms with Crippen LogP contribution < -0.4 is 0 Å². The Kier molecular flexibility index (Phi) is 18.4. The second-order valence-corrected chi connectivity index (χ2v) is 20.6. The summed E-state index contributed by atoms with van der Waals surface area (Å²) in [7, 11) is 0. The molecule has 0 spiro atoms. The van der Waals surface area contributed by atoms with E-state index in [4.69, 9.17) is 9.47 Å². The lowest BCUT2D eigenvalue weighted by molar-refractivity contribution is -0.166. The maximum atomic E-state index is 13.7. The first-order valence-electron chi connectivity index (χ1n) is 22.4. The van der Waals surface area contributed by atoms with Crippen LogP contribution in [0.25, 0.3) is 0 Å². The van der Waals surface area contributed by atoms with Gasteiger partial charge in [-0.3, -0.25) is 9.59 Å². The molecular formula is C47H86O4. The van der Waals surface area contributed by atoms with Crippen LogP contribution in [0.3, 0.4) is 0 Å². The van der Waals surface area contributed by atoms with Gasteiger partial charge in [-0.25, -0.2) is 0 Å². The summed E-state index contributed by atoms with van der Waals surface area (Å²) in [5, 5.41) is 0. The van der Waals surface area contributed by atoms with Crippen LogP contribution in [0.15, 0.2) is 0 Å². The van der Waals surface area contributed by atoms with Gasteiger partial charge in [0.2, 0.25) is 0 Å². The molecule has 0 aromatic rings. The van der Waals surface area contributed by atoms with Crippen LogP contribution in [-0.4, -0.2) is 25.2 Å². The van der Waals surface area contributed by atoms with E-state index in [0.717, 1.165) is 55.8 Å². The fourth-order valence-corrected chi connectivity index (χ4v) is 11.7. The van der Waals surface area contributed by atoms with Gasteiger partial charge in [0.25, 0.3) is 0 Å². The van der Waals surface area contributed by atoms with Crippen molar-refractivity contribution < 1.29 is 19.1 Å². The number of carbonyl (C=O) groups is 2. The number of ether oxygens (including phenoxy) is 2. The minimum atomic E-state index is -0.366. The lowest BCUT2D eigenvalue weighted by Gasteiger charge is -2.43. The van der Waals surface area contributed by atoms with Gasteiger partial charge in [-0.05, 0) is 148 Å². The summed E-state index contributed by atoms with van der Waals surface area (Å²) in [5.74, 6) is 4.48. The molecule has 3 aliphatic carbocycles. The molecule has 0 radical (unpaired) electrons. The van der Waals surface area contributed by atoms with Crippen LogP contribution in [0.2, 0.25) is 0 Å². The topological polar surface area (TPSA) is 52.6 Å². The molecule has 3 aliphatic rings. The van der Waals surface area contributed by atoms with E-state index in [1.54, 1.807) is 0 Å². The molecule has 0 aliphatic heterocycles. The molecular weight excluding hydrogens is 629 g/mol. The molecule has 4 heteroatoms. The summed E-state index contributed by atoms with van der Waals surface area (Å²) in [5.41, 5.74) is 0.772. The van der Waals surface area contributed by atoms with Gasteiger partial charge in [-0.15, -0.1) is 0 Å². The van der Waals surface area contributed by atoms with Crippen molar-refractivity contribution in [3.05, 3.63) is 0 Å². The fraction of sp³-hybridized carbons (Fsp3) is 0.957. The Bertz CT molecular complexity index is 1020. The summed E-state index contributed by atoms with van der Waals surface area (Å²) in [6, 6.07) is 0. The van der Waals surface area contributed by atoms with Crippen molar-refractivity contribution in [1.29, 1.82) is 0 Å². The molecule has 0 N–H and O–H groups in total. The Balaban J connectivity index is 1.45. The molecule has 0 saturated heterocycles. The molecule has 13 unspecified atom stereocenters. The molecule has 4 nitrogen and oxygen atoms in total. The summed E-state index contributed by atoms with van der Waals surface area (Å²) >= 11 is 0. The highest BCUT2D eigenvalue weighted by Gasteiger charge is 2.43. The van der Waals surface area contributed by atoms with Crippen LogP contribution in [0, 0.1) is 75.9 Å². The SMILES string of the molecule is CCCCC(C)CC(C)CC1(C)CCC(COC(=O)C2CCC(C)CC2C(=O)OCC2CCC(C)(CC(C)CC(C)CCCC)CC2C)C(C)C1. The van der Waals surface area contributed by atoms with Crippen molar-refractivity contribution in [3.63, 3.8) is 0 Å². The van der Waals surface area contributed by atoms with E-state index in [9.17, 15) is 9.59 Å². The summed E-state index contributed by atoms with van der Waals surface area (Å²) in [6.07, 6.45) is 22.9. The van der Waals surface area contributed by atoms with Crippen molar-refractivity contribution in [2.24, 2.45) is 75.9 Å². The molecule has 3 saturated carbocycles. The minimum Gasteiger partial charge on any atom is -0.465 e. The van der Waals surface area contributed by atoms with E-state index in [2.05, 4.69) is 76.2 Å². The second-order valence-electron chi connectivity index (χ2n) is 20.6. The second kappa shape index (κ2) is 21.1. The van der Waals surface area contributed by atoms with Gasteiger partial charge in [0.15, 0.2) is 0 Å². The average Bonchev–Trinajstić information content (AvgIpc) is 3.04. The smallest absolute Gasteiger partial charge is 0.309 e. The van der Waals surface area contributed by atoms with Gasteiger partial charge in [-0.2, -0.15) is 0 Å². The number of esters is 2. The molecule has 0 heterocycles. The van der Waals surface area contributed by atoms with Crippen molar-refractivity contribution in [2.45, 2.75) is 198 Å². The predicted octanol–water partition coefficient (Wildman–Crippen LogP) is 13.5. The Morgan fingerprint density at radius 1 is 0.627 bits per heavy atom. The molecule has 3 rings (SSSR count). The van der Waals surface area contributed by atoms with Crippen molar-refractivity contribution in [2.75, 3.05) is 13.2 Å². The Hall–Kier alpha value is -1.06. The lowest BCUT2D eigenvalue weighted by Crippen LogP contribution is -2.40. The van der Waals surface area contributed by atoms with E-state index in [1.165, 1.54) is 89.9 Å². The van der Waals surface area contributed by atoms with Crippen LogP contribution in [0.4, 0.5) is 0 Å². The highest BCUT2D eigenvalue weighted by Crippen LogP contribution is 2.48. The molecule has 0 amide bonds. The van der Waals surface area contributed by atoms with E-state index in [0.29, 0.717) is 53.6 Å². The molecule has 0 aromatic heterocycles. The third-order valence-corrected chi connectivity index (χ3v) is 14.5. The molecule has 3 fully saturated rings. The van der Waals surface area contributed by atoms with Crippen LogP contribution in [0.5, 0.6) is 0 Å². The third kappa shape index (κ3) is 14.6. The van der Waals surface area contributed by atoms with Gasteiger partial charge in [0.05, 0.1) is 25.0 Å². The fourth-order valence-electron chi connectivity index (χ4n) is 11.7. The zero-order valence-electron chi connectivity index (χ0n) is 35.8. The first kappa shape index (κ1) is 44.3. The van der Waals surface area contributed by atoms with Crippen LogP contribution in [-0.2, 0) is 19.1 Å². The number of rotatable bonds is 20. The molecule has 51 heavy (non-hydrogen) atoms. The number of hydrogen-bond donors (Lipinski definition) is 0. The van der Waals surface area contributed by atoms with Gasteiger partial charge in [0, 0.05) is 0 Å². The molecule has 298 valence electrons. The molecule has 0 aromatic carbocycles. The van der Waals surface area contributed by atoms with Gasteiger partial charge in [-0.1, -0.05) is 115 Å². The zero-order valence-corrected chi connectivity index (χ0v) is 35.8. The van der Waals surface area contributed by atoms with Gasteiger partial charge < -0.3 is 9.47 Å². The minimum absolute atomic E-state index is 0.154. The zero-order chi connectivity index (χ0) is 37.8. The van der Waals surface area contributed by atoms with E-state index >= 15 is 0 Å². The highest BCUT2D eigenvalue weighted by molar-refractivity contribution is 5.82. The largest absolute Gasteiger partial charge is 0.465 e. The monoisotopic (exact) mass is 715 g/mol. The van der Waals surface area contributed by atoms with E-state index in [1.807, 2.05) is 0 Å². The third-order valence-electron chi connectivity index (χ3n) is 14.5. The van der Waals surface area contributed by atoms with Crippen molar-refractivity contribution >= 4 is 11.9 Å². The summed E-state index contributed by atoms with van der Waals surface area (Å²) < 4.78 is 12.2. The highest BCUT2D eigenvalue weighted by atomic mass is 16.5. The van der Waals surface area contributed by atoms with Crippen molar-refractivity contribution in [3.8, 4) is 0 Å². The number of unbranched alkanes of at least 4 members (excludes halogenated alkanes) is 2. The predicted molar refractivity (Wildman–Crippen MR) is 215 cm³/mol. The van der Waals surface area contributed by atoms with E-state index < -0.39 is 0 Å². The van der Waals surface area contributed by atoms with E-state index in [-0.39, 0.29) is 23.8 Å². The number of hydrogen-bond acceptors (Lipinski definition) is 4. The molecule has 13 atom stereocenters. The van der Waals surface area contributed by atoms with Gasteiger partial charge >= 0.3 is 11.9 Å². The molecule has 0 bridgehead atoms. The maximum Gasteiger partial charge on any atom is 0.309 e. The lowest BCUT2D eigenvalue weighted by atomic mass is 9.63. The summed E-state index contributed by atoms with van der Waals surface area (Å²) in [6.45, 7) is 27.3. The Labute approximate surface area is 317 Å².